The minimum absolute atomic E-state index is 0. The lowest BCUT2D eigenvalue weighted by molar-refractivity contribution is -0.873. The molecule has 0 aromatic rings. The van der Waals surface area contributed by atoms with Gasteiger partial charge in [0.15, 0.2) is 0 Å². The van der Waals surface area contributed by atoms with Gasteiger partial charge < -0.3 is 33.2 Å². The van der Waals surface area contributed by atoms with Gasteiger partial charge in [-0.3, -0.25) is 0 Å². The van der Waals surface area contributed by atoms with Gasteiger partial charge in [-0.15, -0.1) is 0 Å². The standard InChI is InChI=1S/C8H18NO.HI/c1-9(2,3)7-8-5-4-6-10-8;/h8H,4-7H2,1-3H3;1H/q+1;/p-1. The summed E-state index contributed by atoms with van der Waals surface area (Å²) in [5, 5.41) is 0. The Morgan fingerprint density at radius 2 is 2.00 bits per heavy atom. The lowest BCUT2D eigenvalue weighted by Crippen LogP contribution is -3.00. The molecule has 0 aromatic heterocycles. The van der Waals surface area contributed by atoms with Crippen LogP contribution in [0, 0.1) is 0 Å². The predicted molar refractivity (Wildman–Crippen MR) is 41.9 cm³/mol. The van der Waals surface area contributed by atoms with Crippen LogP contribution in [0.5, 0.6) is 0 Å². The minimum atomic E-state index is 0. The van der Waals surface area contributed by atoms with Crippen molar-refractivity contribution < 1.29 is 33.2 Å². The van der Waals surface area contributed by atoms with E-state index in [4.69, 9.17) is 4.74 Å². The largest absolute Gasteiger partial charge is 1.00 e. The molecule has 11 heavy (non-hydrogen) atoms. The Kier molecular flexibility index (Phi) is 4.89. The number of ether oxygens (including phenoxy) is 1. The summed E-state index contributed by atoms with van der Waals surface area (Å²) in [5.74, 6) is 0. The van der Waals surface area contributed by atoms with E-state index in [9.17, 15) is 0 Å². The van der Waals surface area contributed by atoms with Crippen LogP contribution in [0.1, 0.15) is 12.8 Å². The molecule has 0 radical (unpaired) electrons. The van der Waals surface area contributed by atoms with E-state index in [1.807, 2.05) is 0 Å². The van der Waals surface area contributed by atoms with Crippen LogP contribution in [-0.2, 0) is 4.74 Å². The second-order valence-electron chi connectivity index (χ2n) is 4.11. The zero-order chi connectivity index (χ0) is 7.61. The third kappa shape index (κ3) is 4.98. The van der Waals surface area contributed by atoms with Gasteiger partial charge in [0.25, 0.3) is 0 Å². The molecule has 0 N–H and O–H groups in total. The SMILES string of the molecule is C[N+](C)(C)CC1CCCO1.[I-]. The summed E-state index contributed by atoms with van der Waals surface area (Å²) in [4.78, 5) is 0. The fraction of sp³-hybridized carbons (Fsp3) is 1.00. The molecule has 1 fully saturated rings. The fourth-order valence-electron chi connectivity index (χ4n) is 1.40. The highest BCUT2D eigenvalue weighted by atomic mass is 127. The normalized spacial score (nSPS) is 24.8. The van der Waals surface area contributed by atoms with E-state index in [1.54, 1.807) is 0 Å². The zero-order valence-corrected chi connectivity index (χ0v) is 9.80. The van der Waals surface area contributed by atoms with Crippen molar-refractivity contribution >= 4 is 0 Å². The van der Waals surface area contributed by atoms with Crippen LogP contribution in [0.3, 0.4) is 0 Å². The molecule has 0 aromatic carbocycles. The highest BCUT2D eigenvalue weighted by Crippen LogP contribution is 2.13. The number of nitrogens with zero attached hydrogens (tertiary/aromatic N) is 1. The molecule has 0 saturated carbocycles. The van der Waals surface area contributed by atoms with E-state index in [2.05, 4.69) is 21.1 Å². The first-order chi connectivity index (χ1) is 4.58. The molecular weight excluding hydrogens is 253 g/mol. The third-order valence-electron chi connectivity index (χ3n) is 1.78. The predicted octanol–water partition coefficient (Wildman–Crippen LogP) is -2.12. The maximum atomic E-state index is 5.51. The van der Waals surface area contributed by atoms with Gasteiger partial charge in [0.2, 0.25) is 0 Å². The molecule has 1 heterocycles. The van der Waals surface area contributed by atoms with E-state index in [-0.39, 0.29) is 24.0 Å². The molecule has 0 bridgehead atoms. The third-order valence-corrected chi connectivity index (χ3v) is 1.78. The Morgan fingerprint density at radius 1 is 1.36 bits per heavy atom. The van der Waals surface area contributed by atoms with Gasteiger partial charge in [-0.05, 0) is 12.8 Å². The summed E-state index contributed by atoms with van der Waals surface area (Å²) in [7, 11) is 6.63. The average Bonchev–Trinajstić information content (AvgIpc) is 2.12. The van der Waals surface area contributed by atoms with E-state index < -0.39 is 0 Å². The van der Waals surface area contributed by atoms with Gasteiger partial charge in [0.05, 0.1) is 21.1 Å². The molecule has 2 nitrogen and oxygen atoms in total. The van der Waals surface area contributed by atoms with Crippen molar-refractivity contribution in [3.05, 3.63) is 0 Å². The lowest BCUT2D eigenvalue weighted by atomic mass is 10.2. The molecule has 1 atom stereocenters. The summed E-state index contributed by atoms with van der Waals surface area (Å²) in [6.45, 7) is 2.13. The first-order valence-corrected chi connectivity index (χ1v) is 4.00. The van der Waals surface area contributed by atoms with Crippen LogP contribution < -0.4 is 24.0 Å². The van der Waals surface area contributed by atoms with Crippen molar-refractivity contribution in [2.24, 2.45) is 0 Å². The smallest absolute Gasteiger partial charge is 0.106 e. The lowest BCUT2D eigenvalue weighted by Gasteiger charge is -2.26. The number of halogens is 1. The molecule has 0 spiro atoms. The van der Waals surface area contributed by atoms with Crippen LogP contribution >= 0.6 is 0 Å². The van der Waals surface area contributed by atoms with Gasteiger partial charge in [0, 0.05) is 6.61 Å². The first-order valence-electron chi connectivity index (χ1n) is 4.00. The van der Waals surface area contributed by atoms with E-state index in [0.29, 0.717) is 6.10 Å². The van der Waals surface area contributed by atoms with Gasteiger partial charge in [0.1, 0.15) is 12.6 Å². The van der Waals surface area contributed by atoms with Crippen molar-refractivity contribution in [3.63, 3.8) is 0 Å². The van der Waals surface area contributed by atoms with Crippen molar-refractivity contribution in [1.29, 1.82) is 0 Å². The topological polar surface area (TPSA) is 9.23 Å². The summed E-state index contributed by atoms with van der Waals surface area (Å²) < 4.78 is 6.53. The summed E-state index contributed by atoms with van der Waals surface area (Å²) in [5.41, 5.74) is 0. The maximum Gasteiger partial charge on any atom is 0.106 e. The van der Waals surface area contributed by atoms with Crippen LogP contribution in [0.25, 0.3) is 0 Å². The number of quaternary nitrogens is 1. The van der Waals surface area contributed by atoms with Crippen LogP contribution in [0.15, 0.2) is 0 Å². The molecular formula is C8H18INO. The van der Waals surface area contributed by atoms with E-state index >= 15 is 0 Å². The molecule has 3 heteroatoms. The molecule has 0 aliphatic carbocycles. The average molecular weight is 271 g/mol. The summed E-state index contributed by atoms with van der Waals surface area (Å²) in [6.07, 6.45) is 3.04. The number of hydrogen-bond donors (Lipinski definition) is 0. The Labute approximate surface area is 86.5 Å². The Morgan fingerprint density at radius 3 is 2.36 bits per heavy atom. The Hall–Kier alpha value is 0.650. The molecule has 1 saturated heterocycles. The van der Waals surface area contributed by atoms with Crippen LogP contribution in [-0.4, -0.2) is 44.9 Å². The summed E-state index contributed by atoms with van der Waals surface area (Å²) >= 11 is 0. The highest BCUT2D eigenvalue weighted by molar-refractivity contribution is 4.62. The molecule has 0 amide bonds. The van der Waals surface area contributed by atoms with Gasteiger partial charge >= 0.3 is 0 Å². The highest BCUT2D eigenvalue weighted by Gasteiger charge is 2.21. The quantitative estimate of drug-likeness (QED) is 0.412. The minimum Gasteiger partial charge on any atom is -1.00 e. The molecule has 1 aliphatic heterocycles. The van der Waals surface area contributed by atoms with Crippen LogP contribution in [0.2, 0.25) is 0 Å². The number of hydrogen-bond acceptors (Lipinski definition) is 1. The van der Waals surface area contributed by atoms with Gasteiger partial charge in [-0.2, -0.15) is 0 Å². The van der Waals surface area contributed by atoms with Gasteiger partial charge in [-0.1, -0.05) is 0 Å². The second kappa shape index (κ2) is 4.62. The van der Waals surface area contributed by atoms with Crippen molar-refractivity contribution in [2.45, 2.75) is 18.9 Å². The molecule has 1 aliphatic rings. The molecule has 1 rings (SSSR count). The number of likely N-dealkylation sites (N-methyl/N-ethyl adjacent to an activating group) is 1. The van der Waals surface area contributed by atoms with E-state index in [1.165, 1.54) is 12.8 Å². The monoisotopic (exact) mass is 271 g/mol. The van der Waals surface area contributed by atoms with Crippen molar-refractivity contribution in [2.75, 3.05) is 34.3 Å². The second-order valence-corrected chi connectivity index (χ2v) is 4.11. The Balaban J connectivity index is 0.000001000. The molecule has 1 unspecified atom stereocenters. The van der Waals surface area contributed by atoms with Crippen molar-refractivity contribution in [1.82, 2.24) is 0 Å². The maximum absolute atomic E-state index is 5.51. The number of rotatable bonds is 2. The molecule has 68 valence electrons. The van der Waals surface area contributed by atoms with E-state index in [0.717, 1.165) is 17.6 Å². The summed E-state index contributed by atoms with van der Waals surface area (Å²) in [6, 6.07) is 0. The van der Waals surface area contributed by atoms with Crippen LogP contribution in [0.4, 0.5) is 0 Å². The fourth-order valence-corrected chi connectivity index (χ4v) is 1.40. The van der Waals surface area contributed by atoms with Crippen molar-refractivity contribution in [3.8, 4) is 0 Å². The zero-order valence-electron chi connectivity index (χ0n) is 7.64. The first kappa shape index (κ1) is 11.6. The van der Waals surface area contributed by atoms with Gasteiger partial charge in [-0.25, -0.2) is 0 Å². The Bertz CT molecular complexity index is 105.